The monoisotopic (exact) mass is 161 g/mol. The minimum absolute atomic E-state index is 1.05. The number of allylic oxidation sites excluding steroid dienone is 6. The van der Waals surface area contributed by atoms with Crippen molar-refractivity contribution >= 4 is 0 Å². The molecule has 1 radical (unpaired) electrons. The van der Waals surface area contributed by atoms with E-state index in [1.807, 2.05) is 0 Å². The molecular formula is C12H17. The Morgan fingerprint density at radius 1 is 0.833 bits per heavy atom. The van der Waals surface area contributed by atoms with Crippen molar-refractivity contribution in [2.24, 2.45) is 0 Å². The lowest BCUT2D eigenvalue weighted by molar-refractivity contribution is 0.751. The summed E-state index contributed by atoms with van der Waals surface area (Å²) in [6.45, 7) is 0. The predicted molar refractivity (Wildman–Crippen MR) is 53.8 cm³/mol. The largest absolute Gasteiger partial charge is 0.0882 e. The van der Waals surface area contributed by atoms with E-state index in [1.54, 1.807) is 0 Å². The Kier molecular flexibility index (Phi) is 5.35. The van der Waals surface area contributed by atoms with Crippen molar-refractivity contribution < 1.29 is 0 Å². The summed E-state index contributed by atoms with van der Waals surface area (Å²) in [6, 6.07) is 0. The summed E-state index contributed by atoms with van der Waals surface area (Å²) in [6.07, 6.45) is 21.5. The predicted octanol–water partition coefficient (Wildman–Crippen LogP) is 3.81. The average molecular weight is 161 g/mol. The Balaban J connectivity index is 2.31. The third-order valence-corrected chi connectivity index (χ3v) is 1.95. The van der Waals surface area contributed by atoms with Crippen LogP contribution in [-0.2, 0) is 0 Å². The van der Waals surface area contributed by atoms with Crippen LogP contribution < -0.4 is 0 Å². The van der Waals surface area contributed by atoms with Gasteiger partial charge in [-0.2, -0.15) is 0 Å². The zero-order chi connectivity index (χ0) is 8.49. The van der Waals surface area contributed by atoms with Crippen molar-refractivity contribution in [2.45, 2.75) is 38.5 Å². The van der Waals surface area contributed by atoms with E-state index in [0.29, 0.717) is 0 Å². The summed E-state index contributed by atoms with van der Waals surface area (Å²) in [5.41, 5.74) is 0. The van der Waals surface area contributed by atoms with Gasteiger partial charge in [-0.25, -0.2) is 0 Å². The van der Waals surface area contributed by atoms with Crippen LogP contribution in [0.4, 0.5) is 0 Å². The molecule has 12 heavy (non-hydrogen) atoms. The molecule has 0 amide bonds. The second kappa shape index (κ2) is 6.90. The molecule has 65 valence electrons. The molecule has 0 fully saturated rings. The van der Waals surface area contributed by atoms with E-state index in [-0.39, 0.29) is 0 Å². The standard InChI is InChI=1S/C12H17/c1-2-4-6-8-10-12-11-9-7-5-3-1/h1-2,5-7H,3-4,9-12H2/b2-1-,7-5-,8-6?. The molecule has 1 aliphatic carbocycles. The first-order valence-electron chi connectivity index (χ1n) is 4.85. The van der Waals surface area contributed by atoms with Crippen molar-refractivity contribution in [3.05, 3.63) is 36.5 Å². The molecule has 0 aromatic carbocycles. The number of rotatable bonds is 0. The average Bonchev–Trinajstić information content (AvgIpc) is 2.05. The van der Waals surface area contributed by atoms with Gasteiger partial charge in [0.1, 0.15) is 0 Å². The summed E-state index contributed by atoms with van der Waals surface area (Å²) in [7, 11) is 0. The van der Waals surface area contributed by atoms with Crippen LogP contribution in [0.1, 0.15) is 38.5 Å². The fourth-order valence-corrected chi connectivity index (χ4v) is 1.23. The van der Waals surface area contributed by atoms with Gasteiger partial charge in [-0.05, 0) is 44.6 Å². The summed E-state index contributed by atoms with van der Waals surface area (Å²) >= 11 is 0. The van der Waals surface area contributed by atoms with Gasteiger partial charge in [0.25, 0.3) is 0 Å². The maximum atomic E-state index is 3.30. The van der Waals surface area contributed by atoms with Crippen LogP contribution in [0.25, 0.3) is 0 Å². The highest BCUT2D eigenvalue weighted by Crippen LogP contribution is 2.03. The van der Waals surface area contributed by atoms with Crippen molar-refractivity contribution in [1.82, 2.24) is 0 Å². The first-order chi connectivity index (χ1) is 6.00. The highest BCUT2D eigenvalue weighted by molar-refractivity contribution is 4.96. The van der Waals surface area contributed by atoms with E-state index in [0.717, 1.165) is 19.3 Å². The SMILES string of the molecule is [C]1=C/C/C=C\C/C=C\CCCC/1. The van der Waals surface area contributed by atoms with Crippen LogP contribution in [0.15, 0.2) is 30.4 Å². The molecule has 0 nitrogen and oxygen atoms in total. The number of hydrogen-bond donors (Lipinski definition) is 0. The van der Waals surface area contributed by atoms with Gasteiger partial charge in [-0.1, -0.05) is 30.4 Å². The fraction of sp³-hybridized carbons (Fsp3) is 0.500. The Labute approximate surface area is 75.7 Å². The van der Waals surface area contributed by atoms with E-state index in [9.17, 15) is 0 Å². The molecule has 0 heterocycles. The Morgan fingerprint density at radius 2 is 1.67 bits per heavy atom. The zero-order valence-electron chi connectivity index (χ0n) is 7.63. The van der Waals surface area contributed by atoms with Crippen molar-refractivity contribution in [3.63, 3.8) is 0 Å². The van der Waals surface area contributed by atoms with Gasteiger partial charge in [0, 0.05) is 0 Å². The van der Waals surface area contributed by atoms with Gasteiger partial charge < -0.3 is 0 Å². The summed E-state index contributed by atoms with van der Waals surface area (Å²) < 4.78 is 0. The molecular weight excluding hydrogens is 144 g/mol. The Hall–Kier alpha value is -0.780. The normalized spacial score (nSPS) is 28.0. The van der Waals surface area contributed by atoms with Gasteiger partial charge in [-0.15, -0.1) is 0 Å². The quantitative estimate of drug-likeness (QED) is 0.474. The lowest BCUT2D eigenvalue weighted by Gasteiger charge is -1.93. The third-order valence-electron chi connectivity index (χ3n) is 1.95. The molecule has 0 unspecified atom stereocenters. The molecule has 1 rings (SSSR count). The van der Waals surface area contributed by atoms with Gasteiger partial charge in [0.05, 0.1) is 0 Å². The molecule has 0 aliphatic heterocycles. The van der Waals surface area contributed by atoms with Crippen LogP contribution in [0.3, 0.4) is 0 Å². The first-order valence-corrected chi connectivity index (χ1v) is 4.85. The third kappa shape index (κ3) is 4.95. The van der Waals surface area contributed by atoms with E-state index in [4.69, 9.17) is 0 Å². The van der Waals surface area contributed by atoms with E-state index >= 15 is 0 Å². The molecule has 0 spiro atoms. The van der Waals surface area contributed by atoms with Crippen LogP contribution in [0, 0.1) is 6.08 Å². The van der Waals surface area contributed by atoms with Crippen LogP contribution in [-0.4, -0.2) is 0 Å². The van der Waals surface area contributed by atoms with Gasteiger partial charge >= 0.3 is 0 Å². The topological polar surface area (TPSA) is 0 Å². The lowest BCUT2D eigenvalue weighted by Crippen LogP contribution is -1.74. The second-order valence-electron chi connectivity index (χ2n) is 3.07. The van der Waals surface area contributed by atoms with E-state index in [2.05, 4.69) is 36.5 Å². The molecule has 0 saturated carbocycles. The maximum absolute atomic E-state index is 3.30. The van der Waals surface area contributed by atoms with Gasteiger partial charge in [0.2, 0.25) is 0 Å². The van der Waals surface area contributed by atoms with Crippen molar-refractivity contribution in [1.29, 1.82) is 0 Å². The molecule has 0 heteroatoms. The molecule has 0 N–H and O–H groups in total. The Morgan fingerprint density at radius 3 is 2.67 bits per heavy atom. The summed E-state index contributed by atoms with van der Waals surface area (Å²) in [4.78, 5) is 0. The molecule has 0 bridgehead atoms. The van der Waals surface area contributed by atoms with Crippen molar-refractivity contribution in [2.75, 3.05) is 0 Å². The van der Waals surface area contributed by atoms with Gasteiger partial charge in [-0.3, -0.25) is 0 Å². The minimum Gasteiger partial charge on any atom is -0.0882 e. The van der Waals surface area contributed by atoms with E-state index in [1.165, 1.54) is 19.3 Å². The zero-order valence-corrected chi connectivity index (χ0v) is 7.63. The van der Waals surface area contributed by atoms with Crippen LogP contribution >= 0.6 is 0 Å². The van der Waals surface area contributed by atoms with Crippen LogP contribution in [0.2, 0.25) is 0 Å². The van der Waals surface area contributed by atoms with E-state index < -0.39 is 0 Å². The Bertz CT molecular complexity index is 152. The maximum Gasteiger partial charge on any atom is -0.0163 e. The van der Waals surface area contributed by atoms with Gasteiger partial charge in [0.15, 0.2) is 0 Å². The fourth-order valence-electron chi connectivity index (χ4n) is 1.23. The molecule has 0 aromatic heterocycles. The molecule has 0 saturated heterocycles. The first kappa shape index (κ1) is 9.31. The minimum atomic E-state index is 1.05. The number of hydrogen-bond acceptors (Lipinski definition) is 0. The van der Waals surface area contributed by atoms with Crippen LogP contribution in [0.5, 0.6) is 0 Å². The smallest absolute Gasteiger partial charge is 0.0163 e. The lowest BCUT2D eigenvalue weighted by atomic mass is 10.1. The highest BCUT2D eigenvalue weighted by Gasteiger charge is 1.84. The molecule has 1 aliphatic rings. The highest BCUT2D eigenvalue weighted by atomic mass is 13.9. The second-order valence-corrected chi connectivity index (χ2v) is 3.07. The molecule has 0 aromatic rings. The summed E-state index contributed by atoms with van der Waals surface area (Å²) in [5, 5.41) is 0. The summed E-state index contributed by atoms with van der Waals surface area (Å²) in [5.74, 6) is 0. The van der Waals surface area contributed by atoms with Crippen molar-refractivity contribution in [3.8, 4) is 0 Å². The molecule has 0 atom stereocenters.